The molecule has 0 amide bonds. The van der Waals surface area contributed by atoms with Crippen molar-refractivity contribution in [2.75, 3.05) is 6.54 Å². The lowest BCUT2D eigenvalue weighted by molar-refractivity contribution is -0.384. The lowest BCUT2D eigenvalue weighted by atomic mass is 9.97. The highest BCUT2D eigenvalue weighted by Crippen LogP contribution is 2.15. The number of hydrogen-bond acceptors (Lipinski definition) is 3. The van der Waals surface area contributed by atoms with E-state index in [1.165, 1.54) is 6.42 Å². The molecule has 19 heavy (non-hydrogen) atoms. The summed E-state index contributed by atoms with van der Waals surface area (Å²) in [5, 5.41) is 14.1. The first-order valence-corrected chi connectivity index (χ1v) is 6.99. The van der Waals surface area contributed by atoms with Crippen molar-refractivity contribution in [1.82, 2.24) is 5.32 Å². The fourth-order valence-corrected chi connectivity index (χ4v) is 2.14. The van der Waals surface area contributed by atoms with Crippen LogP contribution in [0.1, 0.15) is 39.2 Å². The van der Waals surface area contributed by atoms with Crippen LogP contribution in [0.4, 0.5) is 5.69 Å². The van der Waals surface area contributed by atoms with E-state index in [-0.39, 0.29) is 10.6 Å². The van der Waals surface area contributed by atoms with Gasteiger partial charge in [0.25, 0.3) is 5.69 Å². The van der Waals surface area contributed by atoms with Gasteiger partial charge in [0.2, 0.25) is 0 Å². The zero-order valence-electron chi connectivity index (χ0n) is 12.1. The molecular weight excluding hydrogens is 240 g/mol. The second kappa shape index (κ2) is 7.89. The van der Waals surface area contributed by atoms with Crippen molar-refractivity contribution in [1.29, 1.82) is 0 Å². The third kappa shape index (κ3) is 5.83. The molecule has 0 radical (unpaired) electrons. The summed E-state index contributed by atoms with van der Waals surface area (Å²) in [6.45, 7) is 7.53. The van der Waals surface area contributed by atoms with Crippen molar-refractivity contribution < 1.29 is 4.92 Å². The number of hydrogen-bond donors (Lipinski definition) is 1. The normalized spacial score (nSPS) is 12.6. The molecule has 0 saturated heterocycles. The Bertz CT molecular complexity index is 388. The summed E-state index contributed by atoms with van der Waals surface area (Å²) in [6.07, 6.45) is 3.27. The fraction of sp³-hybridized carbons (Fsp3) is 0.600. The molecular formula is C15H24N2O2. The summed E-state index contributed by atoms with van der Waals surface area (Å²) >= 11 is 0. The maximum Gasteiger partial charge on any atom is 0.269 e. The summed E-state index contributed by atoms with van der Waals surface area (Å²) in [5.41, 5.74) is 1.31. The number of benzene rings is 1. The maximum absolute atomic E-state index is 10.6. The first kappa shape index (κ1) is 15.6. The fourth-order valence-electron chi connectivity index (χ4n) is 2.14. The van der Waals surface area contributed by atoms with Crippen LogP contribution in [0.3, 0.4) is 0 Å². The van der Waals surface area contributed by atoms with Gasteiger partial charge in [-0.15, -0.1) is 0 Å². The van der Waals surface area contributed by atoms with Gasteiger partial charge in [-0.2, -0.15) is 0 Å². The van der Waals surface area contributed by atoms with Gasteiger partial charge in [-0.05, 0) is 37.3 Å². The molecule has 0 aromatic heterocycles. The van der Waals surface area contributed by atoms with Crippen LogP contribution >= 0.6 is 0 Å². The summed E-state index contributed by atoms with van der Waals surface area (Å²) < 4.78 is 0. The van der Waals surface area contributed by atoms with Gasteiger partial charge in [0.1, 0.15) is 0 Å². The summed E-state index contributed by atoms with van der Waals surface area (Å²) in [6, 6.07) is 7.34. The second-order valence-corrected chi connectivity index (χ2v) is 5.35. The van der Waals surface area contributed by atoms with Gasteiger partial charge in [0.15, 0.2) is 0 Å². The van der Waals surface area contributed by atoms with Crippen LogP contribution in [0.2, 0.25) is 0 Å². The molecule has 0 aliphatic heterocycles. The molecule has 0 bridgehead atoms. The van der Waals surface area contributed by atoms with E-state index in [1.807, 2.05) is 12.1 Å². The third-order valence-electron chi connectivity index (χ3n) is 3.21. The Morgan fingerprint density at radius 2 is 1.84 bits per heavy atom. The number of likely N-dealkylation sites (N-methyl/N-ethyl adjacent to an activating group) is 1. The summed E-state index contributed by atoms with van der Waals surface area (Å²) in [7, 11) is 0. The SMILES string of the molecule is CCNC(CCC(C)C)Cc1ccc([N+](=O)[O-])cc1. The molecule has 1 N–H and O–H groups in total. The van der Waals surface area contributed by atoms with Crippen LogP contribution in [0.25, 0.3) is 0 Å². The molecule has 106 valence electrons. The molecule has 0 heterocycles. The van der Waals surface area contributed by atoms with E-state index in [0.29, 0.717) is 12.0 Å². The van der Waals surface area contributed by atoms with Gasteiger partial charge < -0.3 is 5.32 Å². The van der Waals surface area contributed by atoms with Crippen molar-refractivity contribution in [3.8, 4) is 0 Å². The molecule has 1 rings (SSSR count). The zero-order chi connectivity index (χ0) is 14.3. The molecule has 1 atom stereocenters. The lowest BCUT2D eigenvalue weighted by Crippen LogP contribution is -2.31. The third-order valence-corrected chi connectivity index (χ3v) is 3.21. The quantitative estimate of drug-likeness (QED) is 0.577. The van der Waals surface area contributed by atoms with Crippen LogP contribution in [-0.4, -0.2) is 17.5 Å². The van der Waals surface area contributed by atoms with E-state index in [2.05, 4.69) is 26.1 Å². The minimum absolute atomic E-state index is 0.158. The predicted octanol–water partition coefficient (Wildman–Crippen LogP) is 3.55. The highest BCUT2D eigenvalue weighted by Gasteiger charge is 2.11. The van der Waals surface area contributed by atoms with Crippen molar-refractivity contribution in [2.45, 2.75) is 46.1 Å². The Balaban J connectivity index is 2.59. The topological polar surface area (TPSA) is 55.2 Å². The van der Waals surface area contributed by atoms with Gasteiger partial charge in [-0.3, -0.25) is 10.1 Å². The predicted molar refractivity (Wildman–Crippen MR) is 78.3 cm³/mol. The van der Waals surface area contributed by atoms with Crippen LogP contribution in [0, 0.1) is 16.0 Å². The molecule has 0 aliphatic rings. The van der Waals surface area contributed by atoms with Crippen molar-refractivity contribution in [3.63, 3.8) is 0 Å². The maximum atomic E-state index is 10.6. The minimum Gasteiger partial charge on any atom is -0.314 e. The van der Waals surface area contributed by atoms with Crippen LogP contribution in [-0.2, 0) is 6.42 Å². The first-order chi connectivity index (χ1) is 9.02. The Labute approximate surface area is 115 Å². The van der Waals surface area contributed by atoms with Crippen molar-refractivity contribution >= 4 is 5.69 Å². The lowest BCUT2D eigenvalue weighted by Gasteiger charge is -2.19. The minimum atomic E-state index is -0.357. The molecule has 0 aliphatic carbocycles. The highest BCUT2D eigenvalue weighted by molar-refractivity contribution is 5.33. The Morgan fingerprint density at radius 3 is 2.32 bits per heavy atom. The van der Waals surface area contributed by atoms with Crippen molar-refractivity contribution in [2.24, 2.45) is 5.92 Å². The standard InChI is InChI=1S/C15H24N2O2/c1-4-16-14(8-5-12(2)3)11-13-6-9-15(10-7-13)17(18)19/h6-7,9-10,12,14,16H,4-5,8,11H2,1-3H3. The molecule has 0 fully saturated rings. The Kier molecular flexibility index (Phi) is 6.50. The molecule has 4 heteroatoms. The molecule has 1 unspecified atom stereocenters. The van der Waals surface area contributed by atoms with E-state index in [1.54, 1.807) is 12.1 Å². The number of nitro benzene ring substituents is 1. The zero-order valence-corrected chi connectivity index (χ0v) is 12.1. The van der Waals surface area contributed by atoms with E-state index >= 15 is 0 Å². The smallest absolute Gasteiger partial charge is 0.269 e. The average molecular weight is 264 g/mol. The Morgan fingerprint density at radius 1 is 1.21 bits per heavy atom. The van der Waals surface area contributed by atoms with Gasteiger partial charge in [0, 0.05) is 18.2 Å². The molecule has 1 aromatic rings. The number of non-ortho nitro benzene ring substituents is 1. The van der Waals surface area contributed by atoms with Gasteiger partial charge >= 0.3 is 0 Å². The number of rotatable bonds is 8. The van der Waals surface area contributed by atoms with E-state index in [0.717, 1.165) is 24.9 Å². The van der Waals surface area contributed by atoms with Gasteiger partial charge in [-0.1, -0.05) is 32.9 Å². The van der Waals surface area contributed by atoms with Crippen molar-refractivity contribution in [3.05, 3.63) is 39.9 Å². The van der Waals surface area contributed by atoms with Gasteiger partial charge in [-0.25, -0.2) is 0 Å². The molecule has 1 aromatic carbocycles. The van der Waals surface area contributed by atoms with E-state index in [4.69, 9.17) is 0 Å². The molecule has 4 nitrogen and oxygen atoms in total. The summed E-state index contributed by atoms with van der Waals surface area (Å²) in [4.78, 5) is 10.3. The van der Waals surface area contributed by atoms with Crippen LogP contribution < -0.4 is 5.32 Å². The van der Waals surface area contributed by atoms with Gasteiger partial charge in [0.05, 0.1) is 4.92 Å². The number of nitrogens with one attached hydrogen (secondary N) is 1. The van der Waals surface area contributed by atoms with Crippen LogP contribution in [0.15, 0.2) is 24.3 Å². The molecule has 0 saturated carbocycles. The first-order valence-electron chi connectivity index (χ1n) is 6.99. The van der Waals surface area contributed by atoms with E-state index in [9.17, 15) is 10.1 Å². The highest BCUT2D eigenvalue weighted by atomic mass is 16.6. The monoisotopic (exact) mass is 264 g/mol. The van der Waals surface area contributed by atoms with E-state index < -0.39 is 0 Å². The molecule has 0 spiro atoms. The number of nitrogens with zero attached hydrogens (tertiary/aromatic N) is 1. The number of nitro groups is 1. The Hall–Kier alpha value is -1.42. The second-order valence-electron chi connectivity index (χ2n) is 5.35. The largest absolute Gasteiger partial charge is 0.314 e. The van der Waals surface area contributed by atoms with Crippen LogP contribution in [0.5, 0.6) is 0 Å². The average Bonchev–Trinajstić information content (AvgIpc) is 2.37. The summed E-state index contributed by atoms with van der Waals surface area (Å²) in [5.74, 6) is 0.706.